The van der Waals surface area contributed by atoms with Gasteiger partial charge in [-0.25, -0.2) is 4.98 Å². The van der Waals surface area contributed by atoms with Gasteiger partial charge in [-0.2, -0.15) is 5.10 Å². The Kier molecular flexibility index (Phi) is 4.63. The Hall–Kier alpha value is -2.96. The van der Waals surface area contributed by atoms with Crippen molar-refractivity contribution in [2.45, 2.75) is 39.2 Å². The molecule has 3 rings (SSSR count). The number of amides is 2. The molecule has 7 nitrogen and oxygen atoms in total. The van der Waals surface area contributed by atoms with E-state index in [1.54, 1.807) is 11.0 Å². The highest BCUT2D eigenvalue weighted by Crippen LogP contribution is 2.28. The van der Waals surface area contributed by atoms with E-state index in [2.05, 4.69) is 27.1 Å². The molecular formula is C19H23N5O2. The van der Waals surface area contributed by atoms with Gasteiger partial charge in [0.05, 0.1) is 5.54 Å². The van der Waals surface area contributed by atoms with E-state index in [1.807, 2.05) is 32.9 Å². The van der Waals surface area contributed by atoms with Crippen LogP contribution in [0.3, 0.4) is 0 Å². The van der Waals surface area contributed by atoms with Crippen LogP contribution in [0.25, 0.3) is 0 Å². The van der Waals surface area contributed by atoms with Gasteiger partial charge in [-0.1, -0.05) is 6.58 Å². The van der Waals surface area contributed by atoms with Gasteiger partial charge in [0.1, 0.15) is 5.82 Å². The summed E-state index contributed by atoms with van der Waals surface area (Å²) in [6.07, 6.45) is 3.01. The Bertz CT molecular complexity index is 869. The molecule has 2 amide bonds. The minimum Gasteiger partial charge on any atom is -0.340 e. The van der Waals surface area contributed by atoms with E-state index >= 15 is 0 Å². The van der Waals surface area contributed by atoms with Crippen LogP contribution in [0.2, 0.25) is 0 Å². The van der Waals surface area contributed by atoms with Crippen LogP contribution < -0.4 is 10.2 Å². The summed E-state index contributed by atoms with van der Waals surface area (Å²) >= 11 is 0. The van der Waals surface area contributed by atoms with Crippen molar-refractivity contribution in [1.29, 1.82) is 0 Å². The van der Waals surface area contributed by atoms with Crippen LogP contribution in [0.15, 0.2) is 30.9 Å². The number of hydrogen-bond donors (Lipinski definition) is 2. The number of hydrogen-bond acceptors (Lipinski definition) is 4. The van der Waals surface area contributed by atoms with Gasteiger partial charge in [0, 0.05) is 17.8 Å². The Morgan fingerprint density at radius 1 is 1.38 bits per heavy atom. The first-order valence-corrected chi connectivity index (χ1v) is 8.60. The molecule has 0 unspecified atom stereocenters. The zero-order valence-electron chi connectivity index (χ0n) is 15.3. The molecule has 2 N–H and O–H groups in total. The van der Waals surface area contributed by atoms with Crippen LogP contribution in [0.5, 0.6) is 0 Å². The number of anilines is 1. The third-order valence-corrected chi connectivity index (χ3v) is 4.48. The summed E-state index contributed by atoms with van der Waals surface area (Å²) in [5, 5.41) is 9.90. The maximum atomic E-state index is 12.7. The van der Waals surface area contributed by atoms with Crippen LogP contribution in [-0.4, -0.2) is 33.5 Å². The number of carbonyl (C=O) groups excluding carboxylic acids is 2. The molecule has 0 aliphatic carbocycles. The molecule has 136 valence electrons. The molecule has 0 atom stereocenters. The number of fused-ring (bicyclic) bond motifs is 1. The highest BCUT2D eigenvalue weighted by molar-refractivity contribution is 6.02. The summed E-state index contributed by atoms with van der Waals surface area (Å²) in [6.45, 7) is 9.75. The Morgan fingerprint density at radius 3 is 2.81 bits per heavy atom. The summed E-state index contributed by atoms with van der Waals surface area (Å²) in [7, 11) is 0. The largest absolute Gasteiger partial charge is 0.340 e. The monoisotopic (exact) mass is 353 g/mol. The van der Waals surface area contributed by atoms with Crippen LogP contribution >= 0.6 is 0 Å². The maximum Gasteiger partial charge on any atom is 0.252 e. The molecule has 1 aromatic carbocycles. The van der Waals surface area contributed by atoms with E-state index in [9.17, 15) is 9.59 Å². The molecular weight excluding hydrogens is 330 g/mol. The zero-order valence-corrected chi connectivity index (χ0v) is 15.3. The molecule has 0 radical (unpaired) electrons. The molecule has 0 saturated carbocycles. The fourth-order valence-corrected chi connectivity index (χ4v) is 3.11. The number of rotatable bonds is 4. The van der Waals surface area contributed by atoms with Crippen molar-refractivity contribution >= 4 is 17.5 Å². The van der Waals surface area contributed by atoms with Crippen molar-refractivity contribution in [3.63, 3.8) is 0 Å². The molecule has 0 saturated heterocycles. The number of benzene rings is 1. The summed E-state index contributed by atoms with van der Waals surface area (Å²) in [6, 6.07) is 5.42. The van der Waals surface area contributed by atoms with E-state index in [-0.39, 0.29) is 11.8 Å². The van der Waals surface area contributed by atoms with E-state index in [4.69, 9.17) is 0 Å². The van der Waals surface area contributed by atoms with Gasteiger partial charge in [-0.05, 0) is 63.5 Å². The highest BCUT2D eigenvalue weighted by atomic mass is 16.2. The normalized spacial score (nSPS) is 13.9. The van der Waals surface area contributed by atoms with Gasteiger partial charge in [0.15, 0.2) is 5.82 Å². The van der Waals surface area contributed by atoms with E-state index in [1.165, 1.54) is 6.08 Å². The minimum atomic E-state index is -0.706. The van der Waals surface area contributed by atoms with Gasteiger partial charge in [0.2, 0.25) is 5.91 Å². The SMILES string of the molecule is C=CC(=O)N1CCCc2cc(C(=O)NC(C)(C)c3n[nH]c(C)n3)ccc21. The Morgan fingerprint density at radius 2 is 2.15 bits per heavy atom. The van der Waals surface area contributed by atoms with Crippen LogP contribution in [-0.2, 0) is 16.8 Å². The lowest BCUT2D eigenvalue weighted by Gasteiger charge is -2.29. The second kappa shape index (κ2) is 6.74. The fraction of sp³-hybridized carbons (Fsp3) is 0.368. The average molecular weight is 353 g/mol. The first kappa shape index (κ1) is 17.8. The number of aromatic nitrogens is 3. The van der Waals surface area contributed by atoms with Gasteiger partial charge in [0.25, 0.3) is 5.91 Å². The molecule has 2 heterocycles. The molecule has 1 aromatic heterocycles. The van der Waals surface area contributed by atoms with Crippen molar-refractivity contribution in [3.8, 4) is 0 Å². The number of aromatic amines is 1. The zero-order chi connectivity index (χ0) is 18.9. The average Bonchev–Trinajstić information content (AvgIpc) is 3.07. The quantitative estimate of drug-likeness (QED) is 0.825. The first-order chi connectivity index (χ1) is 12.3. The number of nitrogens with one attached hydrogen (secondary N) is 2. The third kappa shape index (κ3) is 3.37. The summed E-state index contributed by atoms with van der Waals surface area (Å²) in [5.41, 5.74) is 1.69. The van der Waals surface area contributed by atoms with E-state index in [0.717, 1.165) is 24.1 Å². The summed E-state index contributed by atoms with van der Waals surface area (Å²) < 4.78 is 0. The van der Waals surface area contributed by atoms with Crippen LogP contribution in [0, 0.1) is 6.92 Å². The molecule has 0 spiro atoms. The lowest BCUT2D eigenvalue weighted by atomic mass is 9.98. The van der Waals surface area contributed by atoms with Crippen LogP contribution in [0.4, 0.5) is 5.69 Å². The van der Waals surface area contributed by atoms with Crippen molar-refractivity contribution in [2.24, 2.45) is 0 Å². The predicted octanol–water partition coefficient (Wildman–Crippen LogP) is 2.24. The predicted molar refractivity (Wildman–Crippen MR) is 98.9 cm³/mol. The molecule has 7 heteroatoms. The van der Waals surface area contributed by atoms with Crippen molar-refractivity contribution in [2.75, 3.05) is 11.4 Å². The molecule has 0 bridgehead atoms. The Balaban J connectivity index is 1.83. The first-order valence-electron chi connectivity index (χ1n) is 8.60. The topological polar surface area (TPSA) is 91.0 Å². The standard InChI is InChI=1S/C19H23N5O2/c1-5-16(25)24-10-6-7-13-11-14(8-9-15(13)24)17(26)21-19(3,4)18-20-12(2)22-23-18/h5,8-9,11H,1,6-7,10H2,2-4H3,(H,21,26)(H,20,22,23). The van der Waals surface area contributed by atoms with Crippen molar-refractivity contribution in [1.82, 2.24) is 20.5 Å². The number of carbonyl (C=O) groups is 2. The van der Waals surface area contributed by atoms with Gasteiger partial charge >= 0.3 is 0 Å². The molecule has 0 fully saturated rings. The molecule has 26 heavy (non-hydrogen) atoms. The fourth-order valence-electron chi connectivity index (χ4n) is 3.11. The second-order valence-corrected chi connectivity index (χ2v) is 6.96. The van der Waals surface area contributed by atoms with Crippen molar-refractivity contribution in [3.05, 3.63) is 53.6 Å². The molecule has 2 aromatic rings. The van der Waals surface area contributed by atoms with E-state index in [0.29, 0.717) is 23.8 Å². The van der Waals surface area contributed by atoms with Crippen molar-refractivity contribution < 1.29 is 9.59 Å². The van der Waals surface area contributed by atoms with Gasteiger partial charge in [-0.3, -0.25) is 14.7 Å². The van der Waals surface area contributed by atoms with E-state index < -0.39 is 5.54 Å². The smallest absolute Gasteiger partial charge is 0.252 e. The minimum absolute atomic E-state index is 0.121. The number of aryl methyl sites for hydroxylation is 2. The Labute approximate surface area is 152 Å². The number of H-pyrrole nitrogens is 1. The van der Waals surface area contributed by atoms with Crippen LogP contribution in [0.1, 0.15) is 47.8 Å². The summed E-state index contributed by atoms with van der Waals surface area (Å²) in [5.74, 6) is 0.906. The van der Waals surface area contributed by atoms with Gasteiger partial charge in [-0.15, -0.1) is 0 Å². The molecule has 1 aliphatic heterocycles. The lowest BCUT2D eigenvalue weighted by molar-refractivity contribution is -0.114. The lowest BCUT2D eigenvalue weighted by Crippen LogP contribution is -2.42. The summed E-state index contributed by atoms with van der Waals surface area (Å²) in [4.78, 5) is 30.7. The third-order valence-electron chi connectivity index (χ3n) is 4.48. The highest BCUT2D eigenvalue weighted by Gasteiger charge is 2.28. The maximum absolute atomic E-state index is 12.7. The van der Waals surface area contributed by atoms with Gasteiger partial charge < -0.3 is 10.2 Å². The second-order valence-electron chi connectivity index (χ2n) is 6.96. The molecule has 1 aliphatic rings. The number of nitrogens with zero attached hydrogens (tertiary/aromatic N) is 3.